The van der Waals surface area contributed by atoms with Crippen molar-refractivity contribution in [2.24, 2.45) is 0 Å². The minimum Gasteiger partial charge on any atom is -0.328 e. The van der Waals surface area contributed by atoms with E-state index in [-0.39, 0.29) is 5.75 Å². The van der Waals surface area contributed by atoms with E-state index in [1.54, 1.807) is 30.3 Å². The standard InChI is InChI=1S/C16H17NO4S/c18-16(17-12-11-14-7-3-1-4-8-14)21-22(19,20)13-15-9-5-2-6-10-15/h1-10H,11-13H2,(H,17,18). The first-order valence-electron chi connectivity index (χ1n) is 6.83. The summed E-state index contributed by atoms with van der Waals surface area (Å²) in [7, 11) is -3.94. The van der Waals surface area contributed by atoms with Crippen LogP contribution in [0.4, 0.5) is 4.79 Å². The van der Waals surface area contributed by atoms with Gasteiger partial charge in [0.25, 0.3) is 0 Å². The molecule has 0 aliphatic rings. The molecule has 1 N–H and O–H groups in total. The molecule has 0 aliphatic carbocycles. The molecule has 0 radical (unpaired) electrons. The molecule has 0 spiro atoms. The Bertz CT molecular complexity index is 699. The summed E-state index contributed by atoms with van der Waals surface area (Å²) in [6.45, 7) is 0.309. The van der Waals surface area contributed by atoms with Gasteiger partial charge in [-0.2, -0.15) is 8.42 Å². The molecule has 2 aromatic carbocycles. The summed E-state index contributed by atoms with van der Waals surface area (Å²) in [6.07, 6.45) is -0.346. The van der Waals surface area contributed by atoms with Gasteiger partial charge in [0.2, 0.25) is 0 Å². The first kappa shape index (κ1) is 16.0. The molecule has 0 unspecified atom stereocenters. The summed E-state index contributed by atoms with van der Waals surface area (Å²) >= 11 is 0. The molecule has 0 atom stereocenters. The minimum absolute atomic E-state index is 0.309. The second kappa shape index (κ2) is 7.61. The highest BCUT2D eigenvalue weighted by atomic mass is 32.2. The van der Waals surface area contributed by atoms with E-state index < -0.39 is 16.2 Å². The number of amides is 1. The third kappa shape index (κ3) is 5.57. The molecular weight excluding hydrogens is 302 g/mol. The molecule has 0 heterocycles. The van der Waals surface area contributed by atoms with Crippen molar-refractivity contribution in [1.82, 2.24) is 5.32 Å². The van der Waals surface area contributed by atoms with Crippen molar-refractivity contribution in [2.45, 2.75) is 12.2 Å². The van der Waals surface area contributed by atoms with Crippen molar-refractivity contribution >= 4 is 16.2 Å². The summed E-state index contributed by atoms with van der Waals surface area (Å²) in [5.74, 6) is -0.333. The van der Waals surface area contributed by atoms with Gasteiger partial charge in [-0.25, -0.2) is 4.79 Å². The van der Waals surface area contributed by atoms with E-state index in [0.717, 1.165) is 5.56 Å². The van der Waals surface area contributed by atoms with Crippen LogP contribution in [0.1, 0.15) is 11.1 Å². The largest absolute Gasteiger partial charge is 0.422 e. The molecular formula is C16H17NO4S. The van der Waals surface area contributed by atoms with E-state index in [9.17, 15) is 13.2 Å². The lowest BCUT2D eigenvalue weighted by Gasteiger charge is -2.07. The summed E-state index contributed by atoms with van der Waals surface area (Å²) in [5.41, 5.74) is 1.62. The lowest BCUT2D eigenvalue weighted by atomic mass is 10.1. The average molecular weight is 319 g/mol. The summed E-state index contributed by atoms with van der Waals surface area (Å²) in [4.78, 5) is 11.5. The summed E-state index contributed by atoms with van der Waals surface area (Å²) < 4.78 is 28.0. The normalized spacial score (nSPS) is 10.9. The number of carbonyl (C=O) groups is 1. The van der Waals surface area contributed by atoms with Crippen LogP contribution in [0.15, 0.2) is 60.7 Å². The van der Waals surface area contributed by atoms with Crippen LogP contribution in [0.5, 0.6) is 0 Å². The zero-order chi connectivity index (χ0) is 15.8. The van der Waals surface area contributed by atoms with Crippen molar-refractivity contribution in [3.8, 4) is 0 Å². The molecule has 22 heavy (non-hydrogen) atoms. The minimum atomic E-state index is -3.94. The van der Waals surface area contributed by atoms with Gasteiger partial charge >= 0.3 is 16.2 Å². The second-order valence-electron chi connectivity index (χ2n) is 4.72. The summed E-state index contributed by atoms with van der Waals surface area (Å²) in [6, 6.07) is 18.1. The SMILES string of the molecule is O=C(NCCc1ccccc1)OS(=O)(=O)Cc1ccccc1. The third-order valence-corrected chi connectivity index (χ3v) is 4.01. The number of carbonyl (C=O) groups excluding carboxylic acids is 1. The van der Waals surface area contributed by atoms with Gasteiger partial charge in [0, 0.05) is 6.54 Å². The lowest BCUT2D eigenvalue weighted by molar-refractivity contribution is 0.202. The van der Waals surface area contributed by atoms with Crippen LogP contribution in [-0.2, 0) is 26.5 Å². The highest BCUT2D eigenvalue weighted by molar-refractivity contribution is 7.86. The molecule has 0 aromatic heterocycles. The maximum absolute atomic E-state index is 11.8. The highest BCUT2D eigenvalue weighted by Gasteiger charge is 2.17. The van der Waals surface area contributed by atoms with Gasteiger partial charge in [0.1, 0.15) is 5.75 Å². The van der Waals surface area contributed by atoms with Crippen molar-refractivity contribution in [1.29, 1.82) is 0 Å². The number of rotatable bonds is 6. The first-order valence-corrected chi connectivity index (χ1v) is 8.41. The third-order valence-electron chi connectivity index (χ3n) is 2.91. The Balaban J connectivity index is 1.78. The number of hydrogen-bond donors (Lipinski definition) is 1. The van der Waals surface area contributed by atoms with E-state index in [1.165, 1.54) is 0 Å². The van der Waals surface area contributed by atoms with Crippen molar-refractivity contribution < 1.29 is 17.4 Å². The quantitative estimate of drug-likeness (QED) is 0.830. The molecule has 116 valence electrons. The molecule has 0 bridgehead atoms. The Labute approximate surface area is 130 Å². The van der Waals surface area contributed by atoms with Crippen LogP contribution in [-0.4, -0.2) is 21.1 Å². The maximum Gasteiger partial charge on any atom is 0.422 e. The van der Waals surface area contributed by atoms with Gasteiger partial charge in [-0.05, 0) is 17.5 Å². The average Bonchev–Trinajstić information content (AvgIpc) is 2.48. The smallest absolute Gasteiger partial charge is 0.328 e. The van der Waals surface area contributed by atoms with Gasteiger partial charge < -0.3 is 9.50 Å². The van der Waals surface area contributed by atoms with E-state index in [0.29, 0.717) is 18.5 Å². The van der Waals surface area contributed by atoms with E-state index in [4.69, 9.17) is 0 Å². The Morgan fingerprint density at radius 3 is 2.05 bits per heavy atom. The van der Waals surface area contributed by atoms with E-state index >= 15 is 0 Å². The maximum atomic E-state index is 11.8. The molecule has 6 heteroatoms. The van der Waals surface area contributed by atoms with Crippen LogP contribution in [0.2, 0.25) is 0 Å². The van der Waals surface area contributed by atoms with Crippen LogP contribution in [0.25, 0.3) is 0 Å². The Kier molecular flexibility index (Phi) is 5.55. The Hall–Kier alpha value is -2.34. The molecule has 0 saturated carbocycles. The van der Waals surface area contributed by atoms with Crippen LogP contribution < -0.4 is 5.32 Å². The fourth-order valence-electron chi connectivity index (χ4n) is 1.91. The molecule has 5 nitrogen and oxygen atoms in total. The number of nitrogens with one attached hydrogen (secondary N) is 1. The van der Waals surface area contributed by atoms with E-state index in [1.807, 2.05) is 30.3 Å². The first-order chi connectivity index (χ1) is 10.6. The van der Waals surface area contributed by atoms with Gasteiger partial charge in [-0.3, -0.25) is 0 Å². The van der Waals surface area contributed by atoms with Crippen LogP contribution in [0, 0.1) is 0 Å². The fraction of sp³-hybridized carbons (Fsp3) is 0.188. The predicted octanol–water partition coefficient (Wildman–Crippen LogP) is 2.49. The molecule has 0 aliphatic heterocycles. The molecule has 2 aromatic rings. The topological polar surface area (TPSA) is 72.5 Å². The summed E-state index contributed by atoms with van der Waals surface area (Å²) in [5, 5.41) is 2.43. The Morgan fingerprint density at radius 2 is 1.45 bits per heavy atom. The monoisotopic (exact) mass is 319 g/mol. The van der Waals surface area contributed by atoms with Gasteiger partial charge in [-0.1, -0.05) is 60.7 Å². The lowest BCUT2D eigenvalue weighted by Crippen LogP contribution is -2.29. The molecule has 0 fully saturated rings. The molecule has 1 amide bonds. The van der Waals surface area contributed by atoms with Crippen molar-refractivity contribution in [2.75, 3.05) is 6.54 Å². The Morgan fingerprint density at radius 1 is 0.909 bits per heavy atom. The van der Waals surface area contributed by atoms with Gasteiger partial charge in [-0.15, -0.1) is 0 Å². The molecule has 2 rings (SSSR count). The molecule has 0 saturated heterocycles. The van der Waals surface area contributed by atoms with Crippen LogP contribution >= 0.6 is 0 Å². The van der Waals surface area contributed by atoms with Crippen molar-refractivity contribution in [3.05, 3.63) is 71.8 Å². The zero-order valence-electron chi connectivity index (χ0n) is 11.9. The number of benzene rings is 2. The predicted molar refractivity (Wildman–Crippen MR) is 83.7 cm³/mol. The van der Waals surface area contributed by atoms with Crippen molar-refractivity contribution in [3.63, 3.8) is 0 Å². The van der Waals surface area contributed by atoms with Crippen LogP contribution in [0.3, 0.4) is 0 Å². The zero-order valence-corrected chi connectivity index (χ0v) is 12.8. The fourth-order valence-corrected chi connectivity index (χ4v) is 2.86. The highest BCUT2D eigenvalue weighted by Crippen LogP contribution is 2.07. The second-order valence-corrected chi connectivity index (χ2v) is 6.29. The number of hydrogen-bond acceptors (Lipinski definition) is 4. The van der Waals surface area contributed by atoms with Gasteiger partial charge in [0.05, 0.1) is 0 Å². The van der Waals surface area contributed by atoms with Gasteiger partial charge in [0.15, 0.2) is 0 Å². The van der Waals surface area contributed by atoms with E-state index in [2.05, 4.69) is 9.50 Å².